The van der Waals surface area contributed by atoms with Gasteiger partial charge in [0.2, 0.25) is 0 Å². The second kappa shape index (κ2) is 28.1. The van der Waals surface area contributed by atoms with E-state index in [2.05, 4.69) is 38.7 Å². The molecule has 0 aliphatic carbocycles. The Labute approximate surface area is 180 Å². The number of rotatable bonds is 15. The van der Waals surface area contributed by atoms with Gasteiger partial charge in [0.25, 0.3) is 0 Å². The standard InChI is InChI=1S/C18H37.CH3NS2.Na/c1-3-5-7-9-11-13-15-17-18-16-14-12-10-8-6-4-2;2-1(3)4;/h1,3-18H2,2H3;(H3,2,3,4);/q-1;;+1. The van der Waals surface area contributed by atoms with E-state index in [1.807, 2.05) is 0 Å². The van der Waals surface area contributed by atoms with E-state index in [-0.39, 0.29) is 33.9 Å². The molecule has 0 aliphatic rings. The summed E-state index contributed by atoms with van der Waals surface area (Å²) in [5, 5.41) is 0. The molecule has 0 radical (unpaired) electrons. The van der Waals surface area contributed by atoms with Gasteiger partial charge >= 0.3 is 29.6 Å². The molecular weight excluding hydrogens is 329 g/mol. The topological polar surface area (TPSA) is 26.0 Å². The minimum atomic E-state index is 0. The number of unbranched alkanes of at least 4 members (excludes halogenated alkanes) is 15. The molecule has 0 atom stereocenters. The van der Waals surface area contributed by atoms with Gasteiger partial charge in [-0.05, 0) is 0 Å². The van der Waals surface area contributed by atoms with Gasteiger partial charge in [-0.15, -0.1) is 12.6 Å². The molecule has 0 fully saturated rings. The molecule has 0 saturated carbocycles. The summed E-state index contributed by atoms with van der Waals surface area (Å²) in [7, 11) is 0. The summed E-state index contributed by atoms with van der Waals surface area (Å²) in [6.45, 7) is 6.18. The molecule has 0 saturated heterocycles. The number of hydrogen-bond acceptors (Lipinski definition) is 1. The minimum absolute atomic E-state index is 0. The zero-order valence-electron chi connectivity index (χ0n) is 16.0. The molecule has 0 unspecified atom stereocenters. The van der Waals surface area contributed by atoms with E-state index in [0.717, 1.165) is 6.42 Å². The van der Waals surface area contributed by atoms with Gasteiger partial charge in [-0.25, -0.2) is 0 Å². The van der Waals surface area contributed by atoms with Gasteiger partial charge in [0.1, 0.15) is 4.32 Å². The van der Waals surface area contributed by atoms with Crippen molar-refractivity contribution in [1.82, 2.24) is 0 Å². The summed E-state index contributed by atoms with van der Waals surface area (Å²) in [6, 6.07) is 0. The average molecular weight is 370 g/mol. The number of thiocarbonyl (C=S) groups is 1. The molecule has 0 aromatic rings. The fraction of sp³-hybridized carbons (Fsp3) is 0.895. The first-order valence-electron chi connectivity index (χ1n) is 9.42. The van der Waals surface area contributed by atoms with E-state index >= 15 is 0 Å². The smallest absolute Gasteiger partial charge is 0.385 e. The first kappa shape index (κ1) is 29.0. The molecule has 1 nitrogen and oxygen atoms in total. The molecule has 0 aromatic heterocycles. The third kappa shape index (κ3) is 39.8. The summed E-state index contributed by atoms with van der Waals surface area (Å²) in [4.78, 5) is 0. The molecular formula is C19H40NNaS2. The minimum Gasteiger partial charge on any atom is -0.385 e. The first-order chi connectivity index (χ1) is 10.6. The molecule has 0 spiro atoms. The van der Waals surface area contributed by atoms with Crippen LogP contribution in [-0.2, 0) is 0 Å². The van der Waals surface area contributed by atoms with Crippen molar-refractivity contribution in [2.75, 3.05) is 0 Å². The Morgan fingerprint density at radius 1 is 0.739 bits per heavy atom. The normalized spacial score (nSPS) is 9.70. The van der Waals surface area contributed by atoms with E-state index < -0.39 is 0 Å². The van der Waals surface area contributed by atoms with Crippen LogP contribution in [0.15, 0.2) is 0 Å². The van der Waals surface area contributed by atoms with Crippen molar-refractivity contribution in [3.05, 3.63) is 6.92 Å². The van der Waals surface area contributed by atoms with Crippen molar-refractivity contribution in [2.24, 2.45) is 5.73 Å². The maximum absolute atomic E-state index is 4.71. The van der Waals surface area contributed by atoms with Crippen LogP contribution in [0, 0.1) is 6.92 Å². The fourth-order valence-corrected chi connectivity index (χ4v) is 2.55. The second-order valence-electron chi connectivity index (χ2n) is 6.14. The van der Waals surface area contributed by atoms with E-state index in [9.17, 15) is 0 Å². The maximum Gasteiger partial charge on any atom is 1.00 e. The average Bonchev–Trinajstić information content (AvgIpc) is 2.47. The monoisotopic (exact) mass is 369 g/mol. The molecule has 134 valence electrons. The molecule has 0 amide bonds. The Morgan fingerprint density at radius 2 is 0.957 bits per heavy atom. The van der Waals surface area contributed by atoms with Gasteiger partial charge in [0.05, 0.1) is 0 Å². The summed E-state index contributed by atoms with van der Waals surface area (Å²) in [5.41, 5.74) is 4.71. The summed E-state index contributed by atoms with van der Waals surface area (Å²) < 4.78 is 0.194. The van der Waals surface area contributed by atoms with Crippen molar-refractivity contribution < 1.29 is 29.6 Å². The number of nitrogens with two attached hydrogens (primary N) is 1. The quantitative estimate of drug-likeness (QED) is 0.148. The number of hydrogen-bond donors (Lipinski definition) is 2. The zero-order chi connectivity index (χ0) is 16.9. The van der Waals surface area contributed by atoms with Crippen LogP contribution in [-0.4, -0.2) is 4.32 Å². The van der Waals surface area contributed by atoms with Crippen LogP contribution in [0.3, 0.4) is 0 Å². The van der Waals surface area contributed by atoms with Crippen molar-refractivity contribution >= 4 is 29.2 Å². The predicted octanol–water partition coefficient (Wildman–Crippen LogP) is 4.25. The van der Waals surface area contributed by atoms with Gasteiger partial charge in [-0.3, -0.25) is 0 Å². The van der Waals surface area contributed by atoms with Crippen molar-refractivity contribution in [2.45, 2.75) is 110 Å². The van der Waals surface area contributed by atoms with Gasteiger partial charge < -0.3 is 12.7 Å². The summed E-state index contributed by atoms with van der Waals surface area (Å²) >= 11 is 7.65. The van der Waals surface area contributed by atoms with Gasteiger partial charge in [0, 0.05) is 0 Å². The van der Waals surface area contributed by atoms with Gasteiger partial charge in [-0.2, -0.15) is 6.42 Å². The SMILES string of the molecule is NC(=S)S.[CH2-]CCCCCCCCCCCCCCCCC.[Na+]. The molecule has 0 rings (SSSR count). The van der Waals surface area contributed by atoms with Gasteiger partial charge in [0.15, 0.2) is 0 Å². The fourth-order valence-electron chi connectivity index (χ4n) is 2.55. The molecule has 0 heterocycles. The van der Waals surface area contributed by atoms with Crippen LogP contribution < -0.4 is 35.3 Å². The third-order valence-electron chi connectivity index (χ3n) is 3.85. The van der Waals surface area contributed by atoms with E-state index in [4.69, 9.17) is 5.73 Å². The van der Waals surface area contributed by atoms with Gasteiger partial charge in [-0.1, -0.05) is 115 Å². The molecule has 2 N–H and O–H groups in total. The largest absolute Gasteiger partial charge is 1.00 e. The Hall–Kier alpha value is 1.24. The van der Waals surface area contributed by atoms with Crippen molar-refractivity contribution in [3.63, 3.8) is 0 Å². The van der Waals surface area contributed by atoms with E-state index in [0.29, 0.717) is 0 Å². The van der Waals surface area contributed by atoms with Crippen LogP contribution in [0.4, 0.5) is 0 Å². The van der Waals surface area contributed by atoms with Crippen molar-refractivity contribution in [3.8, 4) is 0 Å². The predicted molar refractivity (Wildman–Crippen MR) is 111 cm³/mol. The van der Waals surface area contributed by atoms with E-state index in [1.165, 1.54) is 96.3 Å². The maximum atomic E-state index is 4.71. The van der Waals surface area contributed by atoms with Crippen LogP contribution in [0.5, 0.6) is 0 Å². The molecule has 0 bridgehead atoms. The Balaban J connectivity index is -0.000000712. The van der Waals surface area contributed by atoms with Crippen LogP contribution in [0.1, 0.15) is 110 Å². The van der Waals surface area contributed by atoms with Crippen LogP contribution >= 0.6 is 24.8 Å². The first-order valence-corrected chi connectivity index (χ1v) is 10.3. The third-order valence-corrected chi connectivity index (χ3v) is 3.85. The Morgan fingerprint density at radius 3 is 1.17 bits per heavy atom. The van der Waals surface area contributed by atoms with Crippen LogP contribution in [0.25, 0.3) is 0 Å². The number of thiol groups is 1. The molecule has 0 aliphatic heterocycles. The molecule has 23 heavy (non-hydrogen) atoms. The summed E-state index contributed by atoms with van der Waals surface area (Å²) in [6.07, 6.45) is 22.8. The Bertz CT molecular complexity index is 194. The van der Waals surface area contributed by atoms with E-state index in [1.54, 1.807) is 0 Å². The Kier molecular flexibility index (Phi) is 35.4. The zero-order valence-corrected chi connectivity index (χ0v) is 19.7. The van der Waals surface area contributed by atoms with Crippen molar-refractivity contribution in [1.29, 1.82) is 0 Å². The van der Waals surface area contributed by atoms with Crippen LogP contribution in [0.2, 0.25) is 0 Å². The summed E-state index contributed by atoms with van der Waals surface area (Å²) in [5.74, 6) is 0. The molecule has 4 heteroatoms. The second-order valence-corrected chi connectivity index (χ2v) is 7.37. The molecule has 0 aromatic carbocycles.